The van der Waals surface area contributed by atoms with Crippen LogP contribution in [0.4, 0.5) is 0 Å². The third-order valence-electron chi connectivity index (χ3n) is 7.39. The van der Waals surface area contributed by atoms with Crippen LogP contribution in [0.25, 0.3) is 0 Å². The fraction of sp³-hybridized carbons (Fsp3) is 0.944. The quantitative estimate of drug-likeness (QED) is 0.727. The van der Waals surface area contributed by atoms with Gasteiger partial charge >= 0.3 is 5.97 Å². The predicted octanol–water partition coefficient (Wildman–Crippen LogP) is 4.04. The monoisotopic (exact) mass is 276 g/mol. The average Bonchev–Trinajstić information content (AvgIpc) is 2.65. The highest BCUT2D eigenvalue weighted by molar-refractivity contribution is 5.72. The summed E-state index contributed by atoms with van der Waals surface area (Å²) in [6.07, 6.45) is 6.91. The zero-order chi connectivity index (χ0) is 14.3. The number of hydrogen-bond donors (Lipinski definition) is 0. The van der Waals surface area contributed by atoms with Crippen LogP contribution in [-0.2, 0) is 9.53 Å². The highest BCUT2D eigenvalue weighted by atomic mass is 16.6. The van der Waals surface area contributed by atoms with Crippen molar-refractivity contribution in [3.05, 3.63) is 0 Å². The lowest BCUT2D eigenvalue weighted by atomic mass is 9.52. The van der Waals surface area contributed by atoms with Crippen molar-refractivity contribution in [1.82, 2.24) is 0 Å². The van der Waals surface area contributed by atoms with Crippen molar-refractivity contribution in [2.75, 3.05) is 0 Å². The number of rotatable bonds is 3. The van der Waals surface area contributed by atoms with Crippen LogP contribution in [0.1, 0.15) is 59.8 Å². The Labute approximate surface area is 122 Å². The van der Waals surface area contributed by atoms with E-state index in [0.29, 0.717) is 23.2 Å². The molecule has 0 radical (unpaired) electrons. The highest BCUT2D eigenvalue weighted by Gasteiger charge is 2.77. The standard InChI is InChI=1S/C18H28O2/c1-10(2)16(19)20-18(11(3)4)14-6-12-5-13-7-15(18)17(13,8-12)9-14/h10-15H,5-9H2,1-4H3. The zero-order valence-electron chi connectivity index (χ0n) is 13.3. The van der Waals surface area contributed by atoms with Crippen LogP contribution < -0.4 is 0 Å². The summed E-state index contributed by atoms with van der Waals surface area (Å²) in [4.78, 5) is 12.3. The predicted molar refractivity (Wildman–Crippen MR) is 78.0 cm³/mol. The topological polar surface area (TPSA) is 26.3 Å². The normalized spacial score (nSPS) is 51.5. The summed E-state index contributed by atoms with van der Waals surface area (Å²) in [5, 5.41) is 0. The van der Waals surface area contributed by atoms with Crippen molar-refractivity contribution in [2.45, 2.75) is 65.4 Å². The molecule has 2 heteroatoms. The molecule has 1 spiro atoms. The molecule has 0 saturated heterocycles. The Kier molecular flexibility index (Phi) is 2.51. The summed E-state index contributed by atoms with van der Waals surface area (Å²) in [5.74, 6) is 3.68. The minimum absolute atomic E-state index is 0.00311. The summed E-state index contributed by atoms with van der Waals surface area (Å²) in [6.45, 7) is 8.49. The van der Waals surface area contributed by atoms with Gasteiger partial charge in [-0.05, 0) is 55.3 Å². The molecule has 3 bridgehead atoms. The van der Waals surface area contributed by atoms with Crippen molar-refractivity contribution in [3.63, 3.8) is 0 Å². The molecule has 6 unspecified atom stereocenters. The summed E-state index contributed by atoms with van der Waals surface area (Å²) < 4.78 is 6.29. The Morgan fingerprint density at radius 3 is 2.40 bits per heavy atom. The summed E-state index contributed by atoms with van der Waals surface area (Å²) >= 11 is 0. The maximum atomic E-state index is 12.3. The molecule has 0 N–H and O–H groups in total. The third kappa shape index (κ3) is 1.30. The molecule has 112 valence electrons. The lowest BCUT2D eigenvalue weighted by Crippen LogP contribution is -2.57. The molecule has 20 heavy (non-hydrogen) atoms. The van der Waals surface area contributed by atoms with E-state index in [1.807, 2.05) is 13.8 Å². The second-order valence-corrected chi connectivity index (χ2v) is 8.75. The van der Waals surface area contributed by atoms with Crippen molar-refractivity contribution in [3.8, 4) is 0 Å². The fourth-order valence-electron chi connectivity index (χ4n) is 6.76. The number of carbonyl (C=O) groups is 1. The number of esters is 1. The Hall–Kier alpha value is -0.530. The van der Waals surface area contributed by atoms with Gasteiger partial charge in [-0.2, -0.15) is 0 Å². The smallest absolute Gasteiger partial charge is 0.308 e. The van der Waals surface area contributed by atoms with Crippen LogP contribution in [0.3, 0.4) is 0 Å². The first-order valence-corrected chi connectivity index (χ1v) is 8.63. The average molecular weight is 276 g/mol. The van der Waals surface area contributed by atoms with Gasteiger partial charge in [-0.15, -0.1) is 0 Å². The van der Waals surface area contributed by atoms with Crippen molar-refractivity contribution < 1.29 is 9.53 Å². The number of hydrogen-bond acceptors (Lipinski definition) is 2. The minimum atomic E-state index is -0.132. The minimum Gasteiger partial charge on any atom is -0.458 e. The summed E-state index contributed by atoms with van der Waals surface area (Å²) in [5.41, 5.74) is 0.447. The SMILES string of the molecule is CC(C)C(=O)OC1(C(C)C)C2CC3CC4CC1C4(C3)C2. The van der Waals surface area contributed by atoms with E-state index in [2.05, 4.69) is 13.8 Å². The van der Waals surface area contributed by atoms with Gasteiger partial charge in [0.25, 0.3) is 0 Å². The van der Waals surface area contributed by atoms with Gasteiger partial charge in [0.05, 0.1) is 5.92 Å². The lowest BCUT2D eigenvalue weighted by molar-refractivity contribution is -0.198. The molecule has 0 heterocycles. The molecule has 2 nitrogen and oxygen atoms in total. The maximum absolute atomic E-state index is 12.3. The molecule has 4 saturated carbocycles. The number of carbonyl (C=O) groups excluding carboxylic acids is 1. The zero-order valence-corrected chi connectivity index (χ0v) is 13.3. The fourth-order valence-corrected chi connectivity index (χ4v) is 6.76. The lowest BCUT2D eigenvalue weighted by Gasteiger charge is -2.55. The first-order valence-electron chi connectivity index (χ1n) is 8.63. The van der Waals surface area contributed by atoms with E-state index in [-0.39, 0.29) is 17.5 Å². The van der Waals surface area contributed by atoms with Crippen LogP contribution in [0.15, 0.2) is 0 Å². The highest BCUT2D eigenvalue weighted by Crippen LogP contribution is 2.79. The van der Waals surface area contributed by atoms with Crippen LogP contribution in [-0.4, -0.2) is 11.6 Å². The first kappa shape index (κ1) is 13.2. The van der Waals surface area contributed by atoms with Gasteiger partial charge in [0.2, 0.25) is 0 Å². The molecule has 0 aromatic carbocycles. The van der Waals surface area contributed by atoms with E-state index in [1.54, 1.807) is 0 Å². The van der Waals surface area contributed by atoms with Crippen LogP contribution >= 0.6 is 0 Å². The van der Waals surface area contributed by atoms with E-state index in [0.717, 1.165) is 11.8 Å². The van der Waals surface area contributed by atoms with Crippen LogP contribution in [0, 0.1) is 40.9 Å². The van der Waals surface area contributed by atoms with Crippen molar-refractivity contribution in [2.24, 2.45) is 40.9 Å². The molecule has 0 amide bonds. The molecule has 0 aromatic rings. The van der Waals surface area contributed by atoms with Gasteiger partial charge in [-0.1, -0.05) is 27.7 Å². The van der Waals surface area contributed by atoms with Gasteiger partial charge in [0, 0.05) is 11.8 Å². The Balaban J connectivity index is 1.73. The number of ether oxygens (including phenoxy) is 1. The van der Waals surface area contributed by atoms with E-state index in [9.17, 15) is 4.79 Å². The largest absolute Gasteiger partial charge is 0.458 e. The van der Waals surface area contributed by atoms with Gasteiger partial charge in [-0.25, -0.2) is 0 Å². The van der Waals surface area contributed by atoms with Crippen LogP contribution in [0.5, 0.6) is 0 Å². The Morgan fingerprint density at radius 1 is 1.05 bits per heavy atom. The Bertz CT molecular complexity index is 454. The van der Waals surface area contributed by atoms with Gasteiger partial charge in [-0.3, -0.25) is 4.79 Å². The molecule has 6 atom stereocenters. The molecule has 4 fully saturated rings. The van der Waals surface area contributed by atoms with E-state index >= 15 is 0 Å². The molecule has 0 aromatic heterocycles. The third-order valence-corrected chi connectivity index (χ3v) is 7.39. The molecular formula is C18H28O2. The van der Waals surface area contributed by atoms with Crippen molar-refractivity contribution >= 4 is 5.97 Å². The molecule has 0 aliphatic heterocycles. The summed E-state index contributed by atoms with van der Waals surface area (Å²) in [6, 6.07) is 0. The van der Waals surface area contributed by atoms with E-state index < -0.39 is 0 Å². The Morgan fingerprint density at radius 2 is 1.75 bits per heavy atom. The molecular weight excluding hydrogens is 248 g/mol. The van der Waals surface area contributed by atoms with Crippen LogP contribution in [0.2, 0.25) is 0 Å². The second-order valence-electron chi connectivity index (χ2n) is 8.75. The molecule has 4 rings (SSSR count). The van der Waals surface area contributed by atoms with Crippen molar-refractivity contribution in [1.29, 1.82) is 0 Å². The second kappa shape index (κ2) is 3.81. The molecule has 4 aliphatic rings. The van der Waals surface area contributed by atoms with E-state index in [1.165, 1.54) is 32.1 Å². The van der Waals surface area contributed by atoms with Gasteiger partial charge in [0.15, 0.2) is 0 Å². The summed E-state index contributed by atoms with van der Waals surface area (Å²) in [7, 11) is 0. The van der Waals surface area contributed by atoms with Gasteiger partial charge < -0.3 is 4.74 Å². The molecule has 4 aliphatic carbocycles. The maximum Gasteiger partial charge on any atom is 0.308 e. The number of fused-ring (bicyclic) bond motifs is 2. The first-order chi connectivity index (χ1) is 9.40. The van der Waals surface area contributed by atoms with Gasteiger partial charge in [0.1, 0.15) is 5.60 Å². The van der Waals surface area contributed by atoms with E-state index in [4.69, 9.17) is 4.74 Å².